The Morgan fingerprint density at radius 2 is 2.29 bits per heavy atom. The molecular formula is C13H22N2OS. The van der Waals surface area contributed by atoms with Crippen LogP contribution < -0.4 is 5.32 Å². The van der Waals surface area contributed by atoms with E-state index in [0.717, 1.165) is 24.4 Å². The second kappa shape index (κ2) is 5.46. The molecule has 96 valence electrons. The molecule has 0 saturated carbocycles. The molecule has 1 aliphatic rings. The zero-order valence-electron chi connectivity index (χ0n) is 11.0. The number of hydrogen-bond donors (Lipinski definition) is 1. The van der Waals surface area contributed by atoms with E-state index in [1.807, 2.05) is 0 Å². The maximum absolute atomic E-state index is 5.73. The van der Waals surface area contributed by atoms with Gasteiger partial charge in [0, 0.05) is 12.5 Å². The standard InChI is InChI=1S/C13H22N2OS/c1-4-13(5-2,16-3)12-15-11(9-17-12)10-7-6-8-14-10/h9-10,14H,4-8H2,1-3H3/t10-/m0/s1. The van der Waals surface area contributed by atoms with Crippen molar-refractivity contribution in [3.05, 3.63) is 16.1 Å². The molecule has 0 amide bonds. The van der Waals surface area contributed by atoms with E-state index in [2.05, 4.69) is 24.5 Å². The van der Waals surface area contributed by atoms with Gasteiger partial charge in [0.05, 0.1) is 11.7 Å². The van der Waals surface area contributed by atoms with Crippen molar-refractivity contribution in [1.82, 2.24) is 10.3 Å². The summed E-state index contributed by atoms with van der Waals surface area (Å²) in [6, 6.07) is 0.461. The minimum Gasteiger partial charge on any atom is -0.371 e. The van der Waals surface area contributed by atoms with Crippen molar-refractivity contribution in [3.63, 3.8) is 0 Å². The number of aromatic nitrogens is 1. The van der Waals surface area contributed by atoms with Crippen LogP contribution in [-0.2, 0) is 10.3 Å². The van der Waals surface area contributed by atoms with Gasteiger partial charge in [-0.25, -0.2) is 4.98 Å². The minimum atomic E-state index is -0.179. The minimum absolute atomic E-state index is 0.179. The number of methoxy groups -OCH3 is 1. The highest BCUT2D eigenvalue weighted by atomic mass is 32.1. The fraction of sp³-hybridized carbons (Fsp3) is 0.769. The fourth-order valence-corrected chi connectivity index (χ4v) is 3.72. The SMILES string of the molecule is CCC(CC)(OC)c1nc([C@@H]2CCCN2)cs1. The van der Waals surface area contributed by atoms with Crippen molar-refractivity contribution in [3.8, 4) is 0 Å². The lowest BCUT2D eigenvalue weighted by atomic mass is 9.98. The first-order valence-electron chi connectivity index (χ1n) is 6.50. The Kier molecular flexibility index (Phi) is 4.17. The van der Waals surface area contributed by atoms with Crippen LogP contribution in [0.2, 0.25) is 0 Å². The molecule has 1 saturated heterocycles. The summed E-state index contributed by atoms with van der Waals surface area (Å²) >= 11 is 1.74. The summed E-state index contributed by atoms with van der Waals surface area (Å²) < 4.78 is 5.73. The van der Waals surface area contributed by atoms with Crippen LogP contribution in [0, 0.1) is 0 Å². The van der Waals surface area contributed by atoms with Gasteiger partial charge in [0.25, 0.3) is 0 Å². The third-order valence-electron chi connectivity index (χ3n) is 3.86. The monoisotopic (exact) mass is 254 g/mol. The second-order valence-corrected chi connectivity index (χ2v) is 5.49. The quantitative estimate of drug-likeness (QED) is 0.876. The molecule has 1 aromatic heterocycles. The van der Waals surface area contributed by atoms with E-state index < -0.39 is 0 Å². The Bertz CT molecular complexity index is 346. The van der Waals surface area contributed by atoms with Crippen LogP contribution in [0.4, 0.5) is 0 Å². The van der Waals surface area contributed by atoms with Crippen molar-refractivity contribution in [1.29, 1.82) is 0 Å². The van der Waals surface area contributed by atoms with Crippen molar-refractivity contribution in [2.45, 2.75) is 51.2 Å². The average molecular weight is 254 g/mol. The molecule has 0 spiro atoms. The molecule has 0 radical (unpaired) electrons. The lowest BCUT2D eigenvalue weighted by Crippen LogP contribution is -2.26. The van der Waals surface area contributed by atoms with Gasteiger partial charge in [-0.15, -0.1) is 11.3 Å². The first-order chi connectivity index (χ1) is 8.25. The molecule has 4 heteroatoms. The lowest BCUT2D eigenvalue weighted by molar-refractivity contribution is -0.0220. The van der Waals surface area contributed by atoms with Gasteiger partial charge in [-0.1, -0.05) is 13.8 Å². The molecule has 1 aliphatic heterocycles. The Morgan fingerprint density at radius 3 is 2.82 bits per heavy atom. The molecule has 0 bridgehead atoms. The first kappa shape index (κ1) is 13.0. The van der Waals surface area contributed by atoms with Gasteiger partial charge < -0.3 is 10.1 Å². The third-order valence-corrected chi connectivity index (χ3v) is 4.91. The highest BCUT2D eigenvalue weighted by molar-refractivity contribution is 7.09. The van der Waals surface area contributed by atoms with Gasteiger partial charge in [0.1, 0.15) is 10.6 Å². The number of nitrogens with zero attached hydrogens (tertiary/aromatic N) is 1. The summed E-state index contributed by atoms with van der Waals surface area (Å²) in [6.45, 7) is 5.46. The molecule has 0 unspecified atom stereocenters. The molecule has 1 atom stereocenters. The summed E-state index contributed by atoms with van der Waals surface area (Å²) in [6.07, 6.45) is 4.42. The predicted molar refractivity (Wildman–Crippen MR) is 71.4 cm³/mol. The maximum Gasteiger partial charge on any atom is 0.125 e. The van der Waals surface area contributed by atoms with Crippen LogP contribution in [0.25, 0.3) is 0 Å². The Hall–Kier alpha value is -0.450. The normalized spacial score (nSPS) is 21.0. The summed E-state index contributed by atoms with van der Waals surface area (Å²) in [4.78, 5) is 4.81. The van der Waals surface area contributed by atoms with E-state index in [4.69, 9.17) is 9.72 Å². The van der Waals surface area contributed by atoms with Gasteiger partial charge in [0.15, 0.2) is 0 Å². The molecular weight excluding hydrogens is 232 g/mol. The van der Waals surface area contributed by atoms with E-state index in [1.54, 1.807) is 18.4 Å². The smallest absolute Gasteiger partial charge is 0.125 e. The Morgan fingerprint density at radius 1 is 1.53 bits per heavy atom. The van der Waals surface area contributed by atoms with Crippen LogP contribution in [0.15, 0.2) is 5.38 Å². The van der Waals surface area contributed by atoms with Crippen LogP contribution in [0.3, 0.4) is 0 Å². The van der Waals surface area contributed by atoms with E-state index in [-0.39, 0.29) is 5.60 Å². The zero-order valence-corrected chi connectivity index (χ0v) is 11.8. The highest BCUT2D eigenvalue weighted by Crippen LogP contribution is 2.36. The number of nitrogens with one attached hydrogen (secondary N) is 1. The first-order valence-corrected chi connectivity index (χ1v) is 7.38. The summed E-state index contributed by atoms with van der Waals surface area (Å²) in [5.41, 5.74) is 1.02. The Labute approximate surface area is 108 Å². The summed E-state index contributed by atoms with van der Waals surface area (Å²) in [7, 11) is 1.79. The molecule has 1 N–H and O–H groups in total. The van der Waals surface area contributed by atoms with Crippen LogP contribution >= 0.6 is 11.3 Å². The van der Waals surface area contributed by atoms with E-state index in [9.17, 15) is 0 Å². The summed E-state index contributed by atoms with van der Waals surface area (Å²) in [5.74, 6) is 0. The largest absolute Gasteiger partial charge is 0.371 e. The van der Waals surface area contributed by atoms with Crippen molar-refractivity contribution >= 4 is 11.3 Å². The topological polar surface area (TPSA) is 34.1 Å². The van der Waals surface area contributed by atoms with Gasteiger partial charge >= 0.3 is 0 Å². The van der Waals surface area contributed by atoms with Gasteiger partial charge in [-0.05, 0) is 32.2 Å². The second-order valence-electron chi connectivity index (χ2n) is 4.63. The molecule has 0 aliphatic carbocycles. The predicted octanol–water partition coefficient (Wildman–Crippen LogP) is 3.23. The lowest BCUT2D eigenvalue weighted by Gasteiger charge is -2.27. The van der Waals surface area contributed by atoms with Crippen molar-refractivity contribution < 1.29 is 4.74 Å². The molecule has 2 heterocycles. The number of hydrogen-bond acceptors (Lipinski definition) is 4. The van der Waals surface area contributed by atoms with Crippen LogP contribution in [0.5, 0.6) is 0 Å². The van der Waals surface area contributed by atoms with Crippen LogP contribution in [0.1, 0.15) is 56.3 Å². The molecule has 1 fully saturated rings. The summed E-state index contributed by atoms with van der Waals surface area (Å²) in [5, 5.41) is 6.82. The number of ether oxygens (including phenoxy) is 1. The third kappa shape index (κ3) is 2.39. The van der Waals surface area contributed by atoms with Crippen LogP contribution in [-0.4, -0.2) is 18.6 Å². The van der Waals surface area contributed by atoms with Crippen molar-refractivity contribution in [2.24, 2.45) is 0 Å². The maximum atomic E-state index is 5.73. The highest BCUT2D eigenvalue weighted by Gasteiger charge is 2.32. The number of rotatable bonds is 5. The molecule has 17 heavy (non-hydrogen) atoms. The average Bonchev–Trinajstić information content (AvgIpc) is 3.03. The Balaban J connectivity index is 2.21. The number of thiazole rings is 1. The zero-order chi connectivity index (χ0) is 12.3. The van der Waals surface area contributed by atoms with E-state index in [0.29, 0.717) is 6.04 Å². The van der Waals surface area contributed by atoms with Gasteiger partial charge in [0.2, 0.25) is 0 Å². The van der Waals surface area contributed by atoms with Crippen molar-refractivity contribution in [2.75, 3.05) is 13.7 Å². The van der Waals surface area contributed by atoms with E-state index >= 15 is 0 Å². The van der Waals surface area contributed by atoms with Gasteiger partial charge in [-0.2, -0.15) is 0 Å². The fourth-order valence-electron chi connectivity index (χ4n) is 2.52. The molecule has 2 rings (SSSR count). The molecule has 0 aromatic carbocycles. The van der Waals surface area contributed by atoms with Gasteiger partial charge in [-0.3, -0.25) is 0 Å². The molecule has 3 nitrogen and oxygen atoms in total. The molecule has 1 aromatic rings. The van der Waals surface area contributed by atoms with E-state index in [1.165, 1.54) is 18.5 Å².